The SMILES string of the molecule is C[C@@H](NC1CC[C@H](c2ccc(S(C)(=O)=O)cc2)C1)C1CC1. The molecule has 2 fully saturated rings. The van der Waals surface area contributed by atoms with Gasteiger partial charge >= 0.3 is 0 Å². The minimum atomic E-state index is -3.08. The van der Waals surface area contributed by atoms with Crippen LogP contribution < -0.4 is 5.32 Å². The molecule has 2 aliphatic carbocycles. The fourth-order valence-corrected chi connectivity index (χ4v) is 4.16. The summed E-state index contributed by atoms with van der Waals surface area (Å²) in [4.78, 5) is 0.418. The van der Waals surface area contributed by atoms with Gasteiger partial charge in [0, 0.05) is 18.3 Å². The molecule has 116 valence electrons. The van der Waals surface area contributed by atoms with Crippen LogP contribution in [-0.4, -0.2) is 26.8 Å². The second kappa shape index (κ2) is 5.73. The Labute approximate surface area is 128 Å². The first kappa shape index (κ1) is 15.0. The van der Waals surface area contributed by atoms with Gasteiger partial charge in [0.25, 0.3) is 0 Å². The average Bonchev–Trinajstić information content (AvgIpc) is 3.19. The lowest BCUT2D eigenvalue weighted by Gasteiger charge is -2.19. The molecule has 3 nitrogen and oxygen atoms in total. The number of hydrogen-bond donors (Lipinski definition) is 1. The zero-order valence-electron chi connectivity index (χ0n) is 12.9. The molecule has 0 amide bonds. The highest BCUT2D eigenvalue weighted by Gasteiger charge is 2.32. The van der Waals surface area contributed by atoms with Gasteiger partial charge in [-0.25, -0.2) is 8.42 Å². The molecule has 3 rings (SSSR count). The predicted molar refractivity (Wildman–Crippen MR) is 85.3 cm³/mol. The Kier molecular flexibility index (Phi) is 4.10. The van der Waals surface area contributed by atoms with E-state index in [0.717, 1.165) is 5.92 Å². The normalized spacial score (nSPS) is 27.7. The lowest BCUT2D eigenvalue weighted by Crippen LogP contribution is -2.36. The van der Waals surface area contributed by atoms with Crippen molar-refractivity contribution in [3.63, 3.8) is 0 Å². The van der Waals surface area contributed by atoms with Gasteiger partial charge in [0.1, 0.15) is 0 Å². The molecule has 21 heavy (non-hydrogen) atoms. The van der Waals surface area contributed by atoms with E-state index in [2.05, 4.69) is 12.2 Å². The molecule has 0 radical (unpaired) electrons. The van der Waals surface area contributed by atoms with E-state index in [-0.39, 0.29) is 0 Å². The van der Waals surface area contributed by atoms with E-state index >= 15 is 0 Å². The van der Waals surface area contributed by atoms with Crippen molar-refractivity contribution in [2.45, 2.75) is 61.9 Å². The van der Waals surface area contributed by atoms with E-state index in [4.69, 9.17) is 0 Å². The first-order chi connectivity index (χ1) is 9.93. The molecule has 0 aliphatic heterocycles. The van der Waals surface area contributed by atoms with Crippen LogP contribution in [0, 0.1) is 5.92 Å². The number of nitrogens with one attached hydrogen (secondary N) is 1. The van der Waals surface area contributed by atoms with E-state index in [1.54, 1.807) is 12.1 Å². The van der Waals surface area contributed by atoms with Gasteiger partial charge in [-0.05, 0) is 68.6 Å². The van der Waals surface area contributed by atoms with Crippen molar-refractivity contribution in [1.82, 2.24) is 5.32 Å². The largest absolute Gasteiger partial charge is 0.311 e. The smallest absolute Gasteiger partial charge is 0.175 e. The molecule has 4 heteroatoms. The van der Waals surface area contributed by atoms with Crippen molar-refractivity contribution in [1.29, 1.82) is 0 Å². The Morgan fingerprint density at radius 3 is 2.33 bits per heavy atom. The van der Waals surface area contributed by atoms with Crippen LogP contribution in [0.5, 0.6) is 0 Å². The first-order valence-electron chi connectivity index (χ1n) is 7.99. The monoisotopic (exact) mass is 307 g/mol. The quantitative estimate of drug-likeness (QED) is 0.909. The van der Waals surface area contributed by atoms with E-state index in [9.17, 15) is 8.42 Å². The number of hydrogen-bond acceptors (Lipinski definition) is 3. The summed E-state index contributed by atoms with van der Waals surface area (Å²) in [6.07, 6.45) is 7.64. The summed E-state index contributed by atoms with van der Waals surface area (Å²) < 4.78 is 23.0. The van der Waals surface area contributed by atoms with Gasteiger partial charge < -0.3 is 5.32 Å². The van der Waals surface area contributed by atoms with Crippen molar-refractivity contribution in [2.75, 3.05) is 6.26 Å². The molecular formula is C17H25NO2S. The maximum Gasteiger partial charge on any atom is 0.175 e. The third-order valence-corrected chi connectivity index (χ3v) is 6.17. The van der Waals surface area contributed by atoms with Gasteiger partial charge in [0.2, 0.25) is 0 Å². The van der Waals surface area contributed by atoms with Crippen LogP contribution in [0.4, 0.5) is 0 Å². The fourth-order valence-electron chi connectivity index (χ4n) is 3.53. The first-order valence-corrected chi connectivity index (χ1v) is 9.88. The topological polar surface area (TPSA) is 46.2 Å². The highest BCUT2D eigenvalue weighted by molar-refractivity contribution is 7.90. The van der Waals surface area contributed by atoms with Crippen molar-refractivity contribution < 1.29 is 8.42 Å². The summed E-state index contributed by atoms with van der Waals surface area (Å²) in [5.74, 6) is 1.47. The molecule has 2 saturated carbocycles. The molecule has 0 aromatic heterocycles. The van der Waals surface area contributed by atoms with Crippen molar-refractivity contribution >= 4 is 9.84 Å². The maximum absolute atomic E-state index is 11.5. The summed E-state index contributed by atoms with van der Waals surface area (Å²) in [6, 6.07) is 8.76. The summed E-state index contributed by atoms with van der Waals surface area (Å²) in [5.41, 5.74) is 1.28. The molecule has 0 heterocycles. The Bertz CT molecular complexity index is 590. The Balaban J connectivity index is 1.60. The standard InChI is InChI=1S/C17H25NO2S/c1-12(13-3-4-13)18-16-8-5-15(11-16)14-6-9-17(10-7-14)21(2,19)20/h6-7,9-10,12-13,15-16,18H,3-5,8,11H2,1-2H3/t12-,15+,16?/m1/s1. The van der Waals surface area contributed by atoms with Gasteiger partial charge in [0.05, 0.1) is 4.90 Å². The molecule has 1 aromatic rings. The zero-order valence-corrected chi connectivity index (χ0v) is 13.7. The lowest BCUT2D eigenvalue weighted by molar-refractivity contribution is 0.416. The van der Waals surface area contributed by atoms with Gasteiger partial charge in [-0.1, -0.05) is 12.1 Å². The number of sulfone groups is 1. The minimum absolute atomic E-state index is 0.418. The third-order valence-electron chi connectivity index (χ3n) is 5.04. The molecule has 1 N–H and O–H groups in total. The molecule has 3 atom stereocenters. The molecule has 1 unspecified atom stereocenters. The summed E-state index contributed by atoms with van der Waals surface area (Å²) in [5, 5.41) is 3.78. The van der Waals surface area contributed by atoms with Crippen LogP contribution in [-0.2, 0) is 9.84 Å². The number of benzene rings is 1. The average molecular weight is 307 g/mol. The van der Waals surface area contributed by atoms with E-state index in [0.29, 0.717) is 22.9 Å². The van der Waals surface area contributed by atoms with Gasteiger partial charge in [-0.15, -0.1) is 0 Å². The van der Waals surface area contributed by atoms with Gasteiger partial charge in [-0.3, -0.25) is 0 Å². The zero-order chi connectivity index (χ0) is 15.0. The van der Waals surface area contributed by atoms with E-state index < -0.39 is 9.84 Å². The third kappa shape index (κ3) is 3.67. The molecule has 0 bridgehead atoms. The van der Waals surface area contributed by atoms with E-state index in [1.165, 1.54) is 43.9 Å². The van der Waals surface area contributed by atoms with Crippen LogP contribution in [0.3, 0.4) is 0 Å². The van der Waals surface area contributed by atoms with Crippen LogP contribution in [0.15, 0.2) is 29.2 Å². The molecule has 2 aliphatic rings. The highest BCUT2D eigenvalue weighted by Crippen LogP contribution is 2.37. The molecule has 0 saturated heterocycles. The maximum atomic E-state index is 11.5. The second-order valence-corrected chi connectivity index (χ2v) is 8.86. The highest BCUT2D eigenvalue weighted by atomic mass is 32.2. The summed E-state index contributed by atoms with van der Waals surface area (Å²) >= 11 is 0. The lowest BCUT2D eigenvalue weighted by atomic mass is 9.97. The van der Waals surface area contributed by atoms with Crippen LogP contribution in [0.2, 0.25) is 0 Å². The second-order valence-electron chi connectivity index (χ2n) is 6.84. The number of rotatable bonds is 5. The molecular weight excluding hydrogens is 282 g/mol. The Hall–Kier alpha value is -0.870. The molecule has 0 spiro atoms. The Morgan fingerprint density at radius 2 is 1.76 bits per heavy atom. The van der Waals surface area contributed by atoms with Crippen molar-refractivity contribution in [3.05, 3.63) is 29.8 Å². The summed E-state index contributed by atoms with van der Waals surface area (Å²) in [6.45, 7) is 2.31. The van der Waals surface area contributed by atoms with E-state index in [1.807, 2.05) is 12.1 Å². The minimum Gasteiger partial charge on any atom is -0.311 e. The summed E-state index contributed by atoms with van der Waals surface area (Å²) in [7, 11) is -3.08. The van der Waals surface area contributed by atoms with Crippen molar-refractivity contribution in [3.8, 4) is 0 Å². The fraction of sp³-hybridized carbons (Fsp3) is 0.647. The van der Waals surface area contributed by atoms with Crippen molar-refractivity contribution in [2.24, 2.45) is 5.92 Å². The van der Waals surface area contributed by atoms with Crippen LogP contribution >= 0.6 is 0 Å². The van der Waals surface area contributed by atoms with Crippen LogP contribution in [0.25, 0.3) is 0 Å². The Morgan fingerprint density at radius 1 is 1.10 bits per heavy atom. The molecule has 1 aromatic carbocycles. The van der Waals surface area contributed by atoms with Gasteiger partial charge in [0.15, 0.2) is 9.84 Å². The van der Waals surface area contributed by atoms with Crippen LogP contribution in [0.1, 0.15) is 50.5 Å². The van der Waals surface area contributed by atoms with Gasteiger partial charge in [-0.2, -0.15) is 0 Å². The predicted octanol–water partition coefficient (Wildman–Crippen LogP) is 3.11.